The molecule has 0 saturated carbocycles. The molecule has 1 heterocycles. The second kappa shape index (κ2) is 5.30. The number of thioether (sulfide) groups is 1. The van der Waals surface area contributed by atoms with Crippen LogP contribution in [0.25, 0.3) is 0 Å². The van der Waals surface area contributed by atoms with Gasteiger partial charge in [-0.15, -0.1) is 0 Å². The Bertz CT molecular complexity index is 524. The summed E-state index contributed by atoms with van der Waals surface area (Å²) in [6.07, 6.45) is -3.06. The smallest absolute Gasteiger partial charge is 0.272 e. The van der Waals surface area contributed by atoms with Gasteiger partial charge in [0.25, 0.3) is 5.91 Å². The maximum Gasteiger partial charge on any atom is 0.416 e. The van der Waals surface area contributed by atoms with E-state index in [4.69, 9.17) is 12.2 Å². The first-order valence-electron chi connectivity index (χ1n) is 5.09. The number of rotatable bonds is 2. The number of alkyl halides is 3. The van der Waals surface area contributed by atoms with Gasteiger partial charge in [0, 0.05) is 0 Å². The molecule has 100 valence electrons. The molecule has 0 aromatic heterocycles. The molecule has 1 fully saturated rings. The van der Waals surface area contributed by atoms with Gasteiger partial charge in [-0.2, -0.15) is 23.3 Å². The Labute approximate surface area is 116 Å². The maximum absolute atomic E-state index is 12.3. The van der Waals surface area contributed by atoms with Crippen LogP contribution in [-0.4, -0.2) is 27.2 Å². The lowest BCUT2D eigenvalue weighted by atomic mass is 10.1. The molecule has 1 saturated heterocycles. The van der Waals surface area contributed by atoms with Gasteiger partial charge in [-0.3, -0.25) is 4.79 Å². The highest BCUT2D eigenvalue weighted by molar-refractivity contribution is 8.23. The van der Waals surface area contributed by atoms with Gasteiger partial charge in [-0.1, -0.05) is 36.1 Å². The minimum atomic E-state index is -4.36. The van der Waals surface area contributed by atoms with Crippen molar-refractivity contribution in [3.05, 3.63) is 35.4 Å². The van der Waals surface area contributed by atoms with Crippen LogP contribution in [0.5, 0.6) is 0 Å². The summed E-state index contributed by atoms with van der Waals surface area (Å²) in [6, 6.07) is 4.48. The molecule has 1 aliphatic heterocycles. The van der Waals surface area contributed by atoms with Crippen LogP contribution in [0.2, 0.25) is 0 Å². The number of hydrazone groups is 1. The molecule has 2 rings (SSSR count). The SMILES string of the molecule is O=C1CSC(=S)N1/N=C/c1ccc(C(F)(F)F)cc1. The molecule has 1 aromatic carbocycles. The van der Waals surface area contributed by atoms with E-state index in [0.29, 0.717) is 9.88 Å². The van der Waals surface area contributed by atoms with E-state index < -0.39 is 11.7 Å². The predicted octanol–water partition coefficient (Wildman–Crippen LogP) is 2.90. The van der Waals surface area contributed by atoms with Crippen LogP contribution in [0.1, 0.15) is 11.1 Å². The van der Waals surface area contributed by atoms with Crippen molar-refractivity contribution in [3.63, 3.8) is 0 Å². The van der Waals surface area contributed by atoms with Gasteiger partial charge < -0.3 is 0 Å². The Balaban J connectivity index is 2.12. The van der Waals surface area contributed by atoms with Gasteiger partial charge in [0.15, 0.2) is 4.32 Å². The van der Waals surface area contributed by atoms with E-state index in [1.165, 1.54) is 30.1 Å². The lowest BCUT2D eigenvalue weighted by Crippen LogP contribution is -2.22. The molecule has 0 radical (unpaired) electrons. The quantitative estimate of drug-likeness (QED) is 0.622. The van der Waals surface area contributed by atoms with E-state index in [2.05, 4.69) is 5.10 Å². The molecule has 0 N–H and O–H groups in total. The summed E-state index contributed by atoms with van der Waals surface area (Å²) in [5.74, 6) is 0.00146. The zero-order valence-corrected chi connectivity index (χ0v) is 11.0. The molecule has 3 nitrogen and oxygen atoms in total. The Morgan fingerprint density at radius 1 is 1.32 bits per heavy atom. The third-order valence-electron chi connectivity index (χ3n) is 2.29. The standard InChI is InChI=1S/C11H7F3N2OS2/c12-11(13,14)8-3-1-7(2-4-8)5-15-16-9(17)6-19-10(16)18/h1-5H,6H2/b15-5+. The van der Waals surface area contributed by atoms with E-state index in [9.17, 15) is 18.0 Å². The number of amides is 1. The average Bonchev–Trinajstić information content (AvgIpc) is 2.66. The fourth-order valence-corrected chi connectivity index (χ4v) is 2.31. The maximum atomic E-state index is 12.3. The van der Waals surface area contributed by atoms with Crippen molar-refractivity contribution in [1.29, 1.82) is 0 Å². The summed E-state index contributed by atoms with van der Waals surface area (Å²) in [5, 5.41) is 4.93. The molecule has 8 heteroatoms. The second-order valence-corrected chi connectivity index (χ2v) is 5.23. The molecule has 1 amide bonds. The highest BCUT2D eigenvalue weighted by Crippen LogP contribution is 2.29. The Morgan fingerprint density at radius 2 is 1.95 bits per heavy atom. The normalized spacial score (nSPS) is 16.7. The molecule has 19 heavy (non-hydrogen) atoms. The third-order valence-corrected chi connectivity index (χ3v) is 3.63. The fourth-order valence-electron chi connectivity index (χ4n) is 1.34. The third kappa shape index (κ3) is 3.32. The summed E-state index contributed by atoms with van der Waals surface area (Å²) >= 11 is 6.11. The molecule has 0 atom stereocenters. The highest BCUT2D eigenvalue weighted by atomic mass is 32.2. The van der Waals surface area contributed by atoms with Gasteiger partial charge in [0.05, 0.1) is 17.5 Å². The van der Waals surface area contributed by atoms with Crippen LogP contribution in [0.4, 0.5) is 13.2 Å². The van der Waals surface area contributed by atoms with Crippen molar-refractivity contribution >= 4 is 40.4 Å². The summed E-state index contributed by atoms with van der Waals surface area (Å²) in [7, 11) is 0. The van der Waals surface area contributed by atoms with Gasteiger partial charge in [-0.25, -0.2) is 0 Å². The van der Waals surface area contributed by atoms with Crippen molar-refractivity contribution in [1.82, 2.24) is 5.01 Å². The molecule has 1 aromatic rings. The van der Waals surface area contributed by atoms with Gasteiger partial charge in [0.1, 0.15) is 0 Å². The molecular weight excluding hydrogens is 297 g/mol. The lowest BCUT2D eigenvalue weighted by Gasteiger charge is -2.07. The molecule has 0 unspecified atom stereocenters. The number of thiocarbonyl (C=S) groups is 1. The highest BCUT2D eigenvalue weighted by Gasteiger charge is 2.30. The van der Waals surface area contributed by atoms with Crippen LogP contribution < -0.4 is 0 Å². The zero-order chi connectivity index (χ0) is 14.0. The topological polar surface area (TPSA) is 32.7 Å². The van der Waals surface area contributed by atoms with Crippen LogP contribution in [0.15, 0.2) is 29.4 Å². The second-order valence-electron chi connectivity index (χ2n) is 3.62. The molecule has 0 aliphatic carbocycles. The van der Waals surface area contributed by atoms with E-state index in [1.54, 1.807) is 0 Å². The number of carbonyl (C=O) groups is 1. The molecule has 0 spiro atoms. The molecular formula is C11H7F3N2OS2. The Hall–Kier alpha value is -1.41. The number of carbonyl (C=O) groups excluding carboxylic acids is 1. The minimum Gasteiger partial charge on any atom is -0.272 e. The summed E-state index contributed by atoms with van der Waals surface area (Å²) in [6.45, 7) is 0. The number of hydrogen-bond acceptors (Lipinski definition) is 4. The first kappa shape index (κ1) is 14.0. The zero-order valence-electron chi connectivity index (χ0n) is 9.35. The first-order chi connectivity index (χ1) is 8.88. The van der Waals surface area contributed by atoms with Crippen LogP contribution in [0, 0.1) is 0 Å². The van der Waals surface area contributed by atoms with Crippen LogP contribution >= 0.6 is 24.0 Å². The van der Waals surface area contributed by atoms with Gasteiger partial charge >= 0.3 is 6.18 Å². The minimum absolute atomic E-state index is 0.238. The summed E-state index contributed by atoms with van der Waals surface area (Å²) < 4.78 is 37.4. The van der Waals surface area contributed by atoms with E-state index >= 15 is 0 Å². The lowest BCUT2D eigenvalue weighted by molar-refractivity contribution is -0.137. The van der Waals surface area contributed by atoms with Crippen molar-refractivity contribution in [2.75, 3.05) is 5.75 Å². The van der Waals surface area contributed by atoms with Crippen molar-refractivity contribution in [3.8, 4) is 0 Å². The summed E-state index contributed by atoms with van der Waals surface area (Å²) in [4.78, 5) is 11.3. The van der Waals surface area contributed by atoms with E-state index in [-0.39, 0.29) is 11.7 Å². The Kier molecular flexibility index (Phi) is 3.91. The van der Waals surface area contributed by atoms with Crippen LogP contribution in [0.3, 0.4) is 0 Å². The number of nitrogens with zero attached hydrogens (tertiary/aromatic N) is 2. The number of halogens is 3. The average molecular weight is 304 g/mol. The Morgan fingerprint density at radius 3 is 2.42 bits per heavy atom. The van der Waals surface area contributed by atoms with Crippen molar-refractivity contribution in [2.24, 2.45) is 5.10 Å². The van der Waals surface area contributed by atoms with E-state index in [1.807, 2.05) is 0 Å². The number of benzene rings is 1. The largest absolute Gasteiger partial charge is 0.416 e. The molecule has 0 bridgehead atoms. The van der Waals surface area contributed by atoms with Crippen molar-refractivity contribution < 1.29 is 18.0 Å². The predicted molar refractivity (Wildman–Crippen MR) is 70.9 cm³/mol. The van der Waals surface area contributed by atoms with Gasteiger partial charge in [-0.05, 0) is 17.7 Å². The fraction of sp³-hybridized carbons (Fsp3) is 0.182. The molecule has 1 aliphatic rings. The van der Waals surface area contributed by atoms with E-state index in [0.717, 1.165) is 17.1 Å². The van der Waals surface area contributed by atoms with Crippen LogP contribution in [-0.2, 0) is 11.0 Å². The monoisotopic (exact) mass is 304 g/mol. The number of hydrogen-bond donors (Lipinski definition) is 0. The summed E-state index contributed by atoms with van der Waals surface area (Å²) in [5.41, 5.74) is -0.270. The first-order valence-corrected chi connectivity index (χ1v) is 6.48. The van der Waals surface area contributed by atoms with Gasteiger partial charge in [0.2, 0.25) is 0 Å². The van der Waals surface area contributed by atoms with Crippen molar-refractivity contribution in [2.45, 2.75) is 6.18 Å².